The van der Waals surface area contributed by atoms with E-state index in [4.69, 9.17) is 0 Å². The predicted octanol–water partition coefficient (Wildman–Crippen LogP) is 1.35. The lowest BCUT2D eigenvalue weighted by atomic mass is 10.6. The summed E-state index contributed by atoms with van der Waals surface area (Å²) in [4.78, 5) is 24.7. The van der Waals surface area contributed by atoms with Gasteiger partial charge in [0.2, 0.25) is 0 Å². The summed E-state index contributed by atoms with van der Waals surface area (Å²) < 4.78 is 35.0. The number of anilines is 1. The number of amides is 3. The van der Waals surface area contributed by atoms with E-state index in [1.807, 2.05) is 5.32 Å². The number of carbonyl (C=O) groups is 2. The molecule has 0 aliphatic rings. The van der Waals surface area contributed by atoms with Crippen molar-refractivity contribution in [2.75, 3.05) is 5.32 Å². The molecule has 1 aromatic rings. The van der Waals surface area contributed by atoms with Crippen molar-refractivity contribution in [3.8, 4) is 0 Å². The van der Waals surface area contributed by atoms with Gasteiger partial charge in [-0.2, -0.15) is 13.2 Å². The standard InChI is InChI=1S/C6H4F3N3O2S/c7-6(8,9)3(13)11-4(14)12-5-10-1-2-15-5/h1-2H,(H2,10,11,12,13,14). The van der Waals surface area contributed by atoms with Crippen molar-refractivity contribution < 1.29 is 22.8 Å². The molecule has 0 spiro atoms. The van der Waals surface area contributed by atoms with E-state index < -0.39 is 18.1 Å². The van der Waals surface area contributed by atoms with Crippen LogP contribution in [0.5, 0.6) is 0 Å². The third-order valence-corrected chi connectivity index (χ3v) is 1.83. The number of imide groups is 1. The van der Waals surface area contributed by atoms with Crippen LogP contribution in [0.15, 0.2) is 11.6 Å². The summed E-state index contributed by atoms with van der Waals surface area (Å²) in [7, 11) is 0. The van der Waals surface area contributed by atoms with E-state index in [1.54, 1.807) is 0 Å². The van der Waals surface area contributed by atoms with Crippen molar-refractivity contribution in [3.05, 3.63) is 11.6 Å². The summed E-state index contributed by atoms with van der Waals surface area (Å²) in [6.45, 7) is 0. The maximum Gasteiger partial charge on any atom is 0.471 e. The fourth-order valence-corrected chi connectivity index (χ4v) is 1.11. The average Bonchev–Trinajstić information content (AvgIpc) is 2.54. The minimum Gasteiger partial charge on any atom is -0.283 e. The van der Waals surface area contributed by atoms with Gasteiger partial charge in [0.05, 0.1) is 0 Å². The zero-order chi connectivity index (χ0) is 11.5. The number of nitrogens with zero attached hydrogens (tertiary/aromatic N) is 1. The van der Waals surface area contributed by atoms with Crippen molar-refractivity contribution in [1.82, 2.24) is 10.3 Å². The van der Waals surface area contributed by atoms with Crippen molar-refractivity contribution in [2.45, 2.75) is 6.18 Å². The highest BCUT2D eigenvalue weighted by Crippen LogP contribution is 2.14. The summed E-state index contributed by atoms with van der Waals surface area (Å²) >= 11 is 1.01. The van der Waals surface area contributed by atoms with Gasteiger partial charge >= 0.3 is 18.1 Å². The van der Waals surface area contributed by atoms with Crippen LogP contribution in [0.2, 0.25) is 0 Å². The number of hydrogen-bond acceptors (Lipinski definition) is 4. The van der Waals surface area contributed by atoms with Gasteiger partial charge in [0.25, 0.3) is 0 Å². The lowest BCUT2D eigenvalue weighted by Crippen LogP contribution is -2.42. The fourth-order valence-electron chi connectivity index (χ4n) is 0.588. The van der Waals surface area contributed by atoms with Crippen LogP contribution in [-0.2, 0) is 4.79 Å². The van der Waals surface area contributed by atoms with Crippen LogP contribution in [0.25, 0.3) is 0 Å². The molecular formula is C6H4F3N3O2S. The molecule has 9 heteroatoms. The first-order valence-electron chi connectivity index (χ1n) is 3.48. The van der Waals surface area contributed by atoms with Crippen molar-refractivity contribution in [2.24, 2.45) is 0 Å². The van der Waals surface area contributed by atoms with Crippen LogP contribution >= 0.6 is 11.3 Å². The SMILES string of the molecule is O=C(NC(=O)C(F)(F)F)Nc1nccs1. The van der Waals surface area contributed by atoms with Gasteiger partial charge in [0, 0.05) is 11.6 Å². The molecule has 15 heavy (non-hydrogen) atoms. The minimum absolute atomic E-state index is 0.0995. The summed E-state index contributed by atoms with van der Waals surface area (Å²) in [5.74, 6) is -2.32. The van der Waals surface area contributed by atoms with Crippen LogP contribution in [0.4, 0.5) is 23.1 Å². The fraction of sp³-hybridized carbons (Fsp3) is 0.167. The van der Waals surface area contributed by atoms with E-state index >= 15 is 0 Å². The number of thiazole rings is 1. The predicted molar refractivity (Wildman–Crippen MR) is 45.3 cm³/mol. The van der Waals surface area contributed by atoms with E-state index in [2.05, 4.69) is 4.98 Å². The average molecular weight is 239 g/mol. The van der Waals surface area contributed by atoms with Gasteiger partial charge in [-0.1, -0.05) is 0 Å². The minimum atomic E-state index is -5.08. The summed E-state index contributed by atoms with van der Waals surface area (Å²) in [5.41, 5.74) is 0. The highest BCUT2D eigenvalue weighted by Gasteiger charge is 2.39. The zero-order valence-electron chi connectivity index (χ0n) is 6.96. The molecule has 0 radical (unpaired) electrons. The molecule has 5 nitrogen and oxygen atoms in total. The molecule has 0 saturated carbocycles. The Kier molecular flexibility index (Phi) is 3.24. The topological polar surface area (TPSA) is 71.1 Å². The normalized spacial score (nSPS) is 10.9. The number of nitrogens with one attached hydrogen (secondary N) is 2. The molecule has 0 aliphatic carbocycles. The highest BCUT2D eigenvalue weighted by molar-refractivity contribution is 7.13. The van der Waals surface area contributed by atoms with E-state index in [9.17, 15) is 22.8 Å². The van der Waals surface area contributed by atoms with E-state index in [-0.39, 0.29) is 5.13 Å². The Morgan fingerprint density at radius 2 is 2.07 bits per heavy atom. The van der Waals surface area contributed by atoms with Crippen LogP contribution in [-0.4, -0.2) is 23.1 Å². The van der Waals surface area contributed by atoms with Gasteiger partial charge in [-0.15, -0.1) is 11.3 Å². The lowest BCUT2D eigenvalue weighted by Gasteiger charge is -2.06. The smallest absolute Gasteiger partial charge is 0.283 e. The van der Waals surface area contributed by atoms with Crippen molar-refractivity contribution in [3.63, 3.8) is 0 Å². The molecule has 2 N–H and O–H groups in total. The number of halogens is 3. The van der Waals surface area contributed by atoms with Crippen LogP contribution in [0.3, 0.4) is 0 Å². The van der Waals surface area contributed by atoms with Gasteiger partial charge < -0.3 is 0 Å². The van der Waals surface area contributed by atoms with E-state index in [0.29, 0.717) is 0 Å². The van der Waals surface area contributed by atoms with Gasteiger partial charge in [-0.3, -0.25) is 15.4 Å². The van der Waals surface area contributed by atoms with E-state index in [0.717, 1.165) is 16.7 Å². The maximum atomic E-state index is 11.7. The molecule has 1 aromatic heterocycles. The Balaban J connectivity index is 2.47. The first-order valence-corrected chi connectivity index (χ1v) is 4.36. The molecule has 0 saturated heterocycles. The molecule has 0 aromatic carbocycles. The molecule has 0 aliphatic heterocycles. The maximum absolute atomic E-state index is 11.7. The Labute approximate surface area is 85.3 Å². The number of carbonyl (C=O) groups excluding carboxylic acids is 2. The molecule has 0 fully saturated rings. The summed E-state index contributed by atoms with van der Waals surface area (Å²) in [6.07, 6.45) is -3.73. The molecule has 0 bridgehead atoms. The molecule has 1 rings (SSSR count). The Hall–Kier alpha value is -1.64. The Bertz CT molecular complexity index is 362. The van der Waals surface area contributed by atoms with Crippen LogP contribution < -0.4 is 10.6 Å². The second-order valence-electron chi connectivity index (χ2n) is 2.24. The number of aromatic nitrogens is 1. The lowest BCUT2D eigenvalue weighted by molar-refractivity contribution is -0.172. The van der Waals surface area contributed by atoms with Gasteiger partial charge in [0.15, 0.2) is 5.13 Å². The Morgan fingerprint density at radius 1 is 1.40 bits per heavy atom. The largest absolute Gasteiger partial charge is 0.471 e. The monoisotopic (exact) mass is 239 g/mol. The first-order chi connectivity index (χ1) is 6.89. The van der Waals surface area contributed by atoms with Crippen molar-refractivity contribution in [1.29, 1.82) is 0 Å². The van der Waals surface area contributed by atoms with E-state index in [1.165, 1.54) is 11.6 Å². The molecule has 0 unspecified atom stereocenters. The molecular weight excluding hydrogens is 235 g/mol. The number of hydrogen-bond donors (Lipinski definition) is 2. The van der Waals surface area contributed by atoms with Gasteiger partial charge in [0.1, 0.15) is 0 Å². The quantitative estimate of drug-likeness (QED) is 0.777. The summed E-state index contributed by atoms with van der Waals surface area (Å²) in [6, 6.07) is -1.27. The number of rotatable bonds is 1. The third-order valence-electron chi connectivity index (χ3n) is 1.14. The second-order valence-corrected chi connectivity index (χ2v) is 3.14. The molecule has 1 heterocycles. The first kappa shape index (κ1) is 11.4. The molecule has 0 atom stereocenters. The van der Waals surface area contributed by atoms with Crippen LogP contribution in [0, 0.1) is 0 Å². The summed E-state index contributed by atoms with van der Waals surface area (Å²) in [5, 5.41) is 4.69. The highest BCUT2D eigenvalue weighted by atomic mass is 32.1. The number of alkyl halides is 3. The van der Waals surface area contributed by atoms with Crippen LogP contribution in [0.1, 0.15) is 0 Å². The second kappa shape index (κ2) is 4.26. The van der Waals surface area contributed by atoms with Gasteiger partial charge in [-0.05, 0) is 0 Å². The molecule has 82 valence electrons. The van der Waals surface area contributed by atoms with Gasteiger partial charge in [-0.25, -0.2) is 9.78 Å². The third kappa shape index (κ3) is 3.54. The number of urea groups is 1. The molecule has 3 amide bonds. The van der Waals surface area contributed by atoms with Crippen molar-refractivity contribution >= 4 is 28.4 Å². The zero-order valence-corrected chi connectivity index (χ0v) is 7.78. The Morgan fingerprint density at radius 3 is 2.53 bits per heavy atom.